The summed E-state index contributed by atoms with van der Waals surface area (Å²) in [7, 11) is 0. The number of rotatable bonds is 6. The van der Waals surface area contributed by atoms with Crippen molar-refractivity contribution in [1.29, 1.82) is 0 Å². The van der Waals surface area contributed by atoms with Gasteiger partial charge in [0.1, 0.15) is 6.54 Å². The monoisotopic (exact) mass is 373 g/mol. The van der Waals surface area contributed by atoms with Crippen molar-refractivity contribution in [3.05, 3.63) is 47.0 Å². The van der Waals surface area contributed by atoms with Crippen LogP contribution in [0.25, 0.3) is 0 Å². The molecule has 0 fully saturated rings. The SMILES string of the molecule is CC[C@@H](C)N(CC(=O)Nc1nccs1)C(=O)c1ccc(C(C)(C)C)cc1. The molecule has 0 aliphatic rings. The van der Waals surface area contributed by atoms with Crippen molar-refractivity contribution in [1.82, 2.24) is 9.88 Å². The molecule has 6 heteroatoms. The molecular weight excluding hydrogens is 346 g/mol. The van der Waals surface area contributed by atoms with Gasteiger partial charge in [-0.1, -0.05) is 39.8 Å². The summed E-state index contributed by atoms with van der Waals surface area (Å²) in [6.45, 7) is 10.4. The molecule has 26 heavy (non-hydrogen) atoms. The van der Waals surface area contributed by atoms with Crippen LogP contribution < -0.4 is 5.32 Å². The van der Waals surface area contributed by atoms with Crippen LogP contribution in [-0.4, -0.2) is 34.3 Å². The third kappa shape index (κ3) is 5.14. The van der Waals surface area contributed by atoms with Crippen molar-refractivity contribution < 1.29 is 9.59 Å². The van der Waals surface area contributed by atoms with Crippen LogP contribution in [0.2, 0.25) is 0 Å². The number of benzene rings is 1. The first kappa shape index (κ1) is 20.1. The van der Waals surface area contributed by atoms with Crippen LogP contribution in [-0.2, 0) is 10.2 Å². The van der Waals surface area contributed by atoms with Gasteiger partial charge in [-0.15, -0.1) is 11.3 Å². The van der Waals surface area contributed by atoms with E-state index in [1.807, 2.05) is 38.1 Å². The van der Waals surface area contributed by atoms with Gasteiger partial charge in [0, 0.05) is 23.2 Å². The minimum atomic E-state index is -0.236. The summed E-state index contributed by atoms with van der Waals surface area (Å²) in [5, 5.41) is 5.08. The molecule has 0 bridgehead atoms. The van der Waals surface area contributed by atoms with E-state index in [0.29, 0.717) is 10.7 Å². The van der Waals surface area contributed by atoms with E-state index in [0.717, 1.165) is 6.42 Å². The van der Waals surface area contributed by atoms with Crippen LogP contribution >= 0.6 is 11.3 Å². The molecule has 2 amide bonds. The summed E-state index contributed by atoms with van der Waals surface area (Å²) in [6, 6.07) is 7.62. The Hall–Kier alpha value is -2.21. The number of aromatic nitrogens is 1. The van der Waals surface area contributed by atoms with Gasteiger partial charge in [0.25, 0.3) is 5.91 Å². The van der Waals surface area contributed by atoms with E-state index in [1.165, 1.54) is 16.9 Å². The third-order valence-electron chi connectivity index (χ3n) is 4.37. The quantitative estimate of drug-likeness (QED) is 0.820. The number of nitrogens with zero attached hydrogens (tertiary/aromatic N) is 2. The number of carbonyl (C=O) groups is 2. The Morgan fingerprint density at radius 3 is 2.38 bits per heavy atom. The number of carbonyl (C=O) groups excluding carboxylic acids is 2. The number of hydrogen-bond acceptors (Lipinski definition) is 4. The fraction of sp³-hybridized carbons (Fsp3) is 0.450. The van der Waals surface area contributed by atoms with E-state index in [2.05, 4.69) is 31.1 Å². The molecule has 0 aliphatic heterocycles. The van der Waals surface area contributed by atoms with E-state index < -0.39 is 0 Å². The number of anilines is 1. The van der Waals surface area contributed by atoms with E-state index >= 15 is 0 Å². The van der Waals surface area contributed by atoms with Crippen LogP contribution in [0, 0.1) is 0 Å². The highest BCUT2D eigenvalue weighted by molar-refractivity contribution is 7.13. The van der Waals surface area contributed by atoms with Crippen molar-refractivity contribution in [2.45, 2.75) is 52.5 Å². The van der Waals surface area contributed by atoms with Gasteiger partial charge in [-0.3, -0.25) is 9.59 Å². The fourth-order valence-electron chi connectivity index (χ4n) is 2.53. The van der Waals surface area contributed by atoms with Crippen LogP contribution in [0.5, 0.6) is 0 Å². The van der Waals surface area contributed by atoms with Crippen LogP contribution in [0.3, 0.4) is 0 Å². The fourth-order valence-corrected chi connectivity index (χ4v) is 3.07. The second kappa shape index (κ2) is 8.45. The Balaban J connectivity index is 2.15. The van der Waals surface area contributed by atoms with E-state index in [1.54, 1.807) is 16.5 Å². The highest BCUT2D eigenvalue weighted by Gasteiger charge is 2.24. The summed E-state index contributed by atoms with van der Waals surface area (Å²) in [5.74, 6) is -0.367. The minimum absolute atomic E-state index is 0.00838. The zero-order valence-electron chi connectivity index (χ0n) is 16.1. The molecule has 5 nitrogen and oxygen atoms in total. The van der Waals surface area contributed by atoms with Gasteiger partial charge in [0.15, 0.2) is 5.13 Å². The van der Waals surface area contributed by atoms with Crippen molar-refractivity contribution >= 4 is 28.3 Å². The lowest BCUT2D eigenvalue weighted by Crippen LogP contribution is -2.43. The highest BCUT2D eigenvalue weighted by Crippen LogP contribution is 2.23. The van der Waals surface area contributed by atoms with Gasteiger partial charge in [0.2, 0.25) is 5.91 Å². The molecule has 1 N–H and O–H groups in total. The topological polar surface area (TPSA) is 62.3 Å². The van der Waals surface area contributed by atoms with Gasteiger partial charge in [-0.05, 0) is 36.5 Å². The van der Waals surface area contributed by atoms with Crippen molar-refractivity contribution in [2.24, 2.45) is 0 Å². The Morgan fingerprint density at radius 1 is 1.23 bits per heavy atom. The number of amides is 2. The minimum Gasteiger partial charge on any atom is -0.327 e. The number of thiazole rings is 1. The molecule has 0 aliphatic carbocycles. The zero-order chi connectivity index (χ0) is 19.3. The molecule has 140 valence electrons. The van der Waals surface area contributed by atoms with Crippen LogP contribution in [0.15, 0.2) is 35.8 Å². The Morgan fingerprint density at radius 2 is 1.88 bits per heavy atom. The molecule has 1 aromatic carbocycles. The standard InChI is InChI=1S/C20H27N3O2S/c1-6-14(2)23(13-17(24)22-19-21-11-12-26-19)18(25)15-7-9-16(10-8-15)20(3,4)5/h7-12,14H,6,13H2,1-5H3,(H,21,22,24)/t14-/m1/s1. The first-order valence-electron chi connectivity index (χ1n) is 8.83. The molecule has 0 spiro atoms. The van der Waals surface area contributed by atoms with Crippen molar-refractivity contribution in [3.8, 4) is 0 Å². The highest BCUT2D eigenvalue weighted by atomic mass is 32.1. The van der Waals surface area contributed by atoms with Gasteiger partial charge in [0.05, 0.1) is 0 Å². The molecule has 0 radical (unpaired) electrons. The van der Waals surface area contributed by atoms with Crippen molar-refractivity contribution in [2.75, 3.05) is 11.9 Å². The van der Waals surface area contributed by atoms with E-state index in [-0.39, 0.29) is 29.8 Å². The average molecular weight is 374 g/mol. The molecule has 1 atom stereocenters. The smallest absolute Gasteiger partial charge is 0.254 e. The third-order valence-corrected chi connectivity index (χ3v) is 5.06. The maximum Gasteiger partial charge on any atom is 0.254 e. The lowest BCUT2D eigenvalue weighted by Gasteiger charge is -2.28. The van der Waals surface area contributed by atoms with E-state index in [9.17, 15) is 9.59 Å². The van der Waals surface area contributed by atoms with Gasteiger partial charge >= 0.3 is 0 Å². The first-order valence-corrected chi connectivity index (χ1v) is 9.71. The lowest BCUT2D eigenvalue weighted by atomic mass is 9.86. The molecule has 2 aromatic rings. The summed E-state index contributed by atoms with van der Waals surface area (Å²) in [6.07, 6.45) is 2.41. The van der Waals surface area contributed by atoms with E-state index in [4.69, 9.17) is 0 Å². The Labute approximate surface area is 159 Å². The normalized spacial score (nSPS) is 12.5. The molecule has 1 aromatic heterocycles. The van der Waals surface area contributed by atoms with Gasteiger partial charge < -0.3 is 10.2 Å². The molecule has 1 heterocycles. The second-order valence-electron chi connectivity index (χ2n) is 7.40. The van der Waals surface area contributed by atoms with Crippen molar-refractivity contribution in [3.63, 3.8) is 0 Å². The van der Waals surface area contributed by atoms with Gasteiger partial charge in [-0.2, -0.15) is 0 Å². The van der Waals surface area contributed by atoms with Gasteiger partial charge in [-0.25, -0.2) is 4.98 Å². The molecule has 0 saturated carbocycles. The summed E-state index contributed by atoms with van der Waals surface area (Å²) in [5.41, 5.74) is 1.80. The summed E-state index contributed by atoms with van der Waals surface area (Å²) < 4.78 is 0. The average Bonchev–Trinajstić information content (AvgIpc) is 3.10. The number of nitrogens with one attached hydrogen (secondary N) is 1. The first-order chi connectivity index (χ1) is 12.2. The largest absolute Gasteiger partial charge is 0.327 e. The molecule has 0 unspecified atom stereocenters. The molecule has 2 rings (SSSR count). The Bertz CT molecular complexity index is 733. The maximum absolute atomic E-state index is 13.0. The molecular formula is C20H27N3O2S. The summed E-state index contributed by atoms with van der Waals surface area (Å²) >= 11 is 1.35. The second-order valence-corrected chi connectivity index (χ2v) is 8.30. The predicted molar refractivity (Wildman–Crippen MR) is 107 cm³/mol. The summed E-state index contributed by atoms with van der Waals surface area (Å²) in [4.78, 5) is 31.0. The Kier molecular flexibility index (Phi) is 6.53. The number of hydrogen-bond donors (Lipinski definition) is 1. The lowest BCUT2D eigenvalue weighted by molar-refractivity contribution is -0.117. The molecule has 0 saturated heterocycles. The van der Waals surface area contributed by atoms with Crippen LogP contribution in [0.4, 0.5) is 5.13 Å². The maximum atomic E-state index is 13.0. The zero-order valence-corrected chi connectivity index (χ0v) is 16.9. The predicted octanol–water partition coefficient (Wildman–Crippen LogP) is 4.32. The van der Waals surface area contributed by atoms with Crippen LogP contribution in [0.1, 0.15) is 57.0 Å².